The molecule has 1 fully saturated rings. The Morgan fingerprint density at radius 2 is 2.18 bits per heavy atom. The van der Waals surface area contributed by atoms with Gasteiger partial charge in [0.25, 0.3) is 0 Å². The first-order valence-corrected chi connectivity index (χ1v) is 8.85. The first kappa shape index (κ1) is 16.9. The Bertz CT molecular complexity index is 599. The molecule has 22 heavy (non-hydrogen) atoms. The minimum Gasteiger partial charge on any atom is -0.348 e. The summed E-state index contributed by atoms with van der Waals surface area (Å²) in [6.45, 7) is 3.00. The predicted molar refractivity (Wildman–Crippen MR) is 81.4 cm³/mol. The highest BCUT2D eigenvalue weighted by Crippen LogP contribution is 2.23. The molecule has 124 valence electrons. The molecule has 0 bridgehead atoms. The highest BCUT2D eigenvalue weighted by Gasteiger charge is 2.37. The molecule has 1 aromatic rings. The monoisotopic (exact) mass is 329 g/mol. The Labute approximate surface area is 131 Å². The number of nitrogens with zero attached hydrogens (tertiary/aromatic N) is 5. The zero-order chi connectivity index (χ0) is 16.3. The Hall–Kier alpha value is -1.48. The van der Waals surface area contributed by atoms with Gasteiger partial charge in [-0.1, -0.05) is 0 Å². The van der Waals surface area contributed by atoms with E-state index in [4.69, 9.17) is 0 Å². The molecular formula is C13H23N5O3S. The fraction of sp³-hybridized carbons (Fsp3) is 0.769. The van der Waals surface area contributed by atoms with Crippen molar-refractivity contribution in [3.05, 3.63) is 12.7 Å². The first-order valence-electron chi connectivity index (χ1n) is 7.35. The maximum atomic E-state index is 12.6. The number of hydrogen-bond donors (Lipinski definition) is 0. The third-order valence-electron chi connectivity index (χ3n) is 3.99. The van der Waals surface area contributed by atoms with Gasteiger partial charge in [0, 0.05) is 33.7 Å². The lowest BCUT2D eigenvalue weighted by molar-refractivity contribution is -0.128. The van der Waals surface area contributed by atoms with Crippen molar-refractivity contribution in [1.29, 1.82) is 0 Å². The Morgan fingerprint density at radius 3 is 2.77 bits per heavy atom. The lowest BCUT2D eigenvalue weighted by Crippen LogP contribution is -2.49. The lowest BCUT2D eigenvalue weighted by Gasteiger charge is -2.33. The SMILES string of the molecule is CC(C(=O)N(C)C)S(=O)(=O)N1CCCC(Cn2cncn2)C1. The van der Waals surface area contributed by atoms with Crippen LogP contribution in [0.4, 0.5) is 0 Å². The van der Waals surface area contributed by atoms with Gasteiger partial charge in [-0.25, -0.2) is 17.7 Å². The Kier molecular flexibility index (Phi) is 5.17. The van der Waals surface area contributed by atoms with E-state index in [1.807, 2.05) is 0 Å². The van der Waals surface area contributed by atoms with Crippen molar-refractivity contribution >= 4 is 15.9 Å². The second-order valence-corrected chi connectivity index (χ2v) is 8.16. The molecule has 2 unspecified atom stereocenters. The van der Waals surface area contributed by atoms with Crippen molar-refractivity contribution in [2.75, 3.05) is 27.2 Å². The first-order chi connectivity index (χ1) is 10.3. The summed E-state index contributed by atoms with van der Waals surface area (Å²) in [5.74, 6) is -0.203. The number of piperidine rings is 1. The van der Waals surface area contributed by atoms with Crippen molar-refractivity contribution in [1.82, 2.24) is 24.0 Å². The molecule has 0 spiro atoms. The van der Waals surface area contributed by atoms with E-state index in [0.29, 0.717) is 19.6 Å². The van der Waals surface area contributed by atoms with Crippen LogP contribution in [-0.2, 0) is 21.4 Å². The Balaban J connectivity index is 2.06. The summed E-state index contributed by atoms with van der Waals surface area (Å²) < 4.78 is 28.4. The third-order valence-corrected chi connectivity index (χ3v) is 6.14. The summed E-state index contributed by atoms with van der Waals surface area (Å²) in [5, 5.41) is 3.01. The van der Waals surface area contributed by atoms with E-state index in [0.717, 1.165) is 12.8 Å². The molecule has 0 aromatic carbocycles. The number of carbonyl (C=O) groups excluding carboxylic acids is 1. The van der Waals surface area contributed by atoms with E-state index in [9.17, 15) is 13.2 Å². The molecule has 1 aliphatic rings. The summed E-state index contributed by atoms with van der Waals surface area (Å²) in [7, 11) is -0.486. The summed E-state index contributed by atoms with van der Waals surface area (Å²) in [4.78, 5) is 17.2. The van der Waals surface area contributed by atoms with Crippen LogP contribution in [0.5, 0.6) is 0 Å². The van der Waals surface area contributed by atoms with Gasteiger partial charge in [0.1, 0.15) is 12.7 Å². The molecule has 1 amide bonds. The van der Waals surface area contributed by atoms with Crippen molar-refractivity contribution < 1.29 is 13.2 Å². The minimum atomic E-state index is -3.62. The fourth-order valence-electron chi connectivity index (χ4n) is 2.71. The minimum absolute atomic E-state index is 0.187. The van der Waals surface area contributed by atoms with Crippen LogP contribution in [0.3, 0.4) is 0 Å². The molecule has 2 atom stereocenters. The van der Waals surface area contributed by atoms with Crippen molar-refractivity contribution in [3.63, 3.8) is 0 Å². The average Bonchev–Trinajstić information content (AvgIpc) is 2.98. The molecule has 1 aromatic heterocycles. The lowest BCUT2D eigenvalue weighted by atomic mass is 10.00. The summed E-state index contributed by atoms with van der Waals surface area (Å²) in [6.07, 6.45) is 4.84. The Morgan fingerprint density at radius 1 is 1.45 bits per heavy atom. The molecule has 2 rings (SSSR count). The highest BCUT2D eigenvalue weighted by atomic mass is 32.2. The zero-order valence-electron chi connectivity index (χ0n) is 13.2. The largest absolute Gasteiger partial charge is 0.348 e. The van der Waals surface area contributed by atoms with Gasteiger partial charge in [0.15, 0.2) is 5.25 Å². The number of aromatic nitrogens is 3. The van der Waals surface area contributed by atoms with Crippen LogP contribution in [0.25, 0.3) is 0 Å². The number of sulfonamides is 1. The van der Waals surface area contributed by atoms with Crippen molar-refractivity contribution in [2.45, 2.75) is 31.6 Å². The van der Waals surface area contributed by atoms with E-state index >= 15 is 0 Å². The van der Waals surface area contributed by atoms with Gasteiger partial charge in [-0.05, 0) is 25.7 Å². The van der Waals surface area contributed by atoms with Crippen LogP contribution < -0.4 is 0 Å². The van der Waals surface area contributed by atoms with Crippen molar-refractivity contribution in [2.24, 2.45) is 5.92 Å². The molecule has 0 aliphatic carbocycles. The summed E-state index contributed by atoms with van der Waals surface area (Å²) in [5.41, 5.74) is 0. The van der Waals surface area contributed by atoms with E-state index in [-0.39, 0.29) is 5.92 Å². The molecule has 1 saturated heterocycles. The number of amides is 1. The van der Waals surface area contributed by atoms with Gasteiger partial charge < -0.3 is 4.90 Å². The average molecular weight is 329 g/mol. The molecule has 1 aliphatic heterocycles. The third kappa shape index (κ3) is 3.64. The second kappa shape index (κ2) is 6.74. The normalized spacial score (nSPS) is 21.5. The van der Waals surface area contributed by atoms with Crippen LogP contribution in [0.1, 0.15) is 19.8 Å². The molecular weight excluding hydrogens is 306 g/mol. The highest BCUT2D eigenvalue weighted by molar-refractivity contribution is 7.90. The van der Waals surface area contributed by atoms with Crippen molar-refractivity contribution in [3.8, 4) is 0 Å². The molecule has 0 saturated carbocycles. The van der Waals surface area contributed by atoms with E-state index in [1.54, 1.807) is 25.1 Å². The standard InChI is InChI=1S/C13H23N5O3S/c1-11(13(19)16(2)3)22(20,21)18-6-4-5-12(8-18)7-17-10-14-9-15-17/h9-12H,4-8H2,1-3H3. The quantitative estimate of drug-likeness (QED) is 0.746. The van der Waals surface area contributed by atoms with Gasteiger partial charge in [-0.3, -0.25) is 9.48 Å². The van der Waals surface area contributed by atoms with Gasteiger partial charge in [0.2, 0.25) is 15.9 Å². The van der Waals surface area contributed by atoms with Gasteiger partial charge in [-0.15, -0.1) is 0 Å². The fourth-order valence-corrected chi connectivity index (χ4v) is 4.43. The maximum absolute atomic E-state index is 12.6. The van der Waals surface area contributed by atoms with Crippen LogP contribution in [0.2, 0.25) is 0 Å². The molecule has 0 N–H and O–H groups in total. The maximum Gasteiger partial charge on any atom is 0.241 e. The zero-order valence-corrected chi connectivity index (χ0v) is 14.0. The van der Waals surface area contributed by atoms with E-state index in [2.05, 4.69) is 10.1 Å². The van der Waals surface area contributed by atoms with Gasteiger partial charge >= 0.3 is 0 Å². The summed E-state index contributed by atoms with van der Waals surface area (Å²) >= 11 is 0. The predicted octanol–water partition coefficient (Wildman–Crippen LogP) is -0.203. The number of rotatable bonds is 5. The number of hydrogen-bond acceptors (Lipinski definition) is 5. The summed E-state index contributed by atoms with van der Waals surface area (Å²) in [6, 6.07) is 0. The molecule has 9 heteroatoms. The molecule has 8 nitrogen and oxygen atoms in total. The molecule has 0 radical (unpaired) electrons. The van der Waals surface area contributed by atoms with Crippen LogP contribution in [0.15, 0.2) is 12.7 Å². The van der Waals surface area contributed by atoms with E-state index in [1.165, 1.54) is 22.5 Å². The second-order valence-electron chi connectivity index (χ2n) is 5.90. The smallest absolute Gasteiger partial charge is 0.241 e. The van der Waals surface area contributed by atoms with Crippen LogP contribution in [-0.4, -0.2) is 70.7 Å². The van der Waals surface area contributed by atoms with Gasteiger partial charge in [-0.2, -0.15) is 5.10 Å². The molecule has 2 heterocycles. The number of carbonyl (C=O) groups is 1. The van der Waals surface area contributed by atoms with E-state index < -0.39 is 21.2 Å². The topological polar surface area (TPSA) is 88.4 Å². The van der Waals surface area contributed by atoms with Crippen LogP contribution >= 0.6 is 0 Å². The van der Waals surface area contributed by atoms with Gasteiger partial charge in [0.05, 0.1) is 0 Å². The van der Waals surface area contributed by atoms with Crippen LogP contribution in [0, 0.1) is 5.92 Å².